The van der Waals surface area contributed by atoms with E-state index in [1.165, 1.54) is 5.56 Å². The maximum Gasteiger partial charge on any atom is 0.224 e. The van der Waals surface area contributed by atoms with Crippen molar-refractivity contribution in [2.75, 3.05) is 65.9 Å². The molecule has 1 saturated heterocycles. The van der Waals surface area contributed by atoms with Crippen LogP contribution in [0.25, 0.3) is 0 Å². The molecule has 1 aliphatic rings. The minimum atomic E-state index is 0.164. The minimum absolute atomic E-state index is 0.164. The van der Waals surface area contributed by atoms with Gasteiger partial charge in [0, 0.05) is 31.8 Å². The van der Waals surface area contributed by atoms with E-state index in [-0.39, 0.29) is 11.7 Å². The van der Waals surface area contributed by atoms with Crippen LogP contribution < -0.4 is 0 Å². The standard InChI is InChI=1S/C25H39NO6/c1-3-24(27)9-11-29-13-15-31-17-18-32-16-14-30-12-10-25(28)26-19-23(20-26)21(2)22-7-5-4-6-8-22/h4-8,21,23H,3,9-20H2,1-2H3. The third-order valence-corrected chi connectivity index (χ3v) is 5.79. The topological polar surface area (TPSA) is 74.3 Å². The first kappa shape index (κ1) is 26.5. The number of hydrogen-bond donors (Lipinski definition) is 0. The van der Waals surface area contributed by atoms with Gasteiger partial charge in [-0.05, 0) is 11.5 Å². The summed E-state index contributed by atoms with van der Waals surface area (Å²) in [5.74, 6) is 1.39. The van der Waals surface area contributed by atoms with Gasteiger partial charge in [-0.1, -0.05) is 44.2 Å². The van der Waals surface area contributed by atoms with E-state index in [1.807, 2.05) is 17.9 Å². The van der Waals surface area contributed by atoms with Crippen molar-refractivity contribution in [3.63, 3.8) is 0 Å². The zero-order valence-electron chi connectivity index (χ0n) is 19.6. The molecule has 1 fully saturated rings. The van der Waals surface area contributed by atoms with Crippen LogP contribution in [0, 0.1) is 5.92 Å². The van der Waals surface area contributed by atoms with Crippen LogP contribution in [0.3, 0.4) is 0 Å². The molecule has 2 rings (SSSR count). The number of benzene rings is 1. The number of carbonyl (C=O) groups is 2. The molecule has 1 amide bonds. The van der Waals surface area contributed by atoms with Crippen LogP contribution in [0.2, 0.25) is 0 Å². The Bertz CT molecular complexity index is 647. The second kappa shape index (κ2) is 15.9. The van der Waals surface area contributed by atoms with E-state index in [1.54, 1.807) is 0 Å². The molecule has 1 aromatic carbocycles. The molecule has 0 N–H and O–H groups in total. The molecule has 1 atom stereocenters. The predicted octanol–water partition coefficient (Wildman–Crippen LogP) is 3.07. The van der Waals surface area contributed by atoms with E-state index in [0.29, 0.717) is 84.0 Å². The molecule has 32 heavy (non-hydrogen) atoms. The Balaban J connectivity index is 1.35. The number of rotatable bonds is 18. The molecule has 180 valence electrons. The van der Waals surface area contributed by atoms with E-state index >= 15 is 0 Å². The third-order valence-electron chi connectivity index (χ3n) is 5.79. The first-order valence-corrected chi connectivity index (χ1v) is 11.8. The van der Waals surface area contributed by atoms with Crippen molar-refractivity contribution >= 4 is 11.7 Å². The van der Waals surface area contributed by atoms with Crippen molar-refractivity contribution in [2.45, 2.75) is 39.0 Å². The fourth-order valence-electron chi connectivity index (χ4n) is 3.50. The van der Waals surface area contributed by atoms with E-state index < -0.39 is 0 Å². The number of nitrogens with zero attached hydrogens (tertiary/aromatic N) is 1. The van der Waals surface area contributed by atoms with E-state index in [2.05, 4.69) is 31.2 Å². The van der Waals surface area contributed by atoms with E-state index in [9.17, 15) is 9.59 Å². The van der Waals surface area contributed by atoms with Gasteiger partial charge in [0.1, 0.15) is 5.78 Å². The Morgan fingerprint density at radius 2 is 1.34 bits per heavy atom. The van der Waals surface area contributed by atoms with Crippen molar-refractivity contribution in [3.05, 3.63) is 35.9 Å². The van der Waals surface area contributed by atoms with Crippen molar-refractivity contribution in [1.82, 2.24) is 4.90 Å². The molecule has 0 aromatic heterocycles. The van der Waals surface area contributed by atoms with Crippen molar-refractivity contribution in [2.24, 2.45) is 5.92 Å². The fourth-order valence-corrected chi connectivity index (χ4v) is 3.50. The summed E-state index contributed by atoms with van der Waals surface area (Å²) in [6, 6.07) is 10.5. The van der Waals surface area contributed by atoms with E-state index in [0.717, 1.165) is 13.1 Å². The summed E-state index contributed by atoms with van der Waals surface area (Å²) in [6.07, 6.45) is 1.45. The van der Waals surface area contributed by atoms with E-state index in [4.69, 9.17) is 18.9 Å². The Morgan fingerprint density at radius 3 is 1.88 bits per heavy atom. The van der Waals surface area contributed by atoms with Crippen LogP contribution in [0.5, 0.6) is 0 Å². The summed E-state index contributed by atoms with van der Waals surface area (Å²) in [6.45, 7) is 9.54. The Labute approximate surface area is 192 Å². The summed E-state index contributed by atoms with van der Waals surface area (Å²) < 4.78 is 21.7. The SMILES string of the molecule is CCC(=O)CCOCCOCCOCCOCCC(=O)N1CC(C(C)c2ccccc2)C1. The van der Waals surface area contributed by atoms with Crippen LogP contribution in [-0.2, 0) is 28.5 Å². The highest BCUT2D eigenvalue weighted by Gasteiger charge is 2.34. The summed E-state index contributed by atoms with van der Waals surface area (Å²) in [4.78, 5) is 25.3. The first-order chi connectivity index (χ1) is 15.6. The summed E-state index contributed by atoms with van der Waals surface area (Å²) in [5, 5.41) is 0. The van der Waals surface area contributed by atoms with Crippen LogP contribution in [-0.4, -0.2) is 82.5 Å². The Hall–Kier alpha value is -1.80. The lowest BCUT2D eigenvalue weighted by Gasteiger charge is -2.42. The molecule has 1 aromatic rings. The van der Waals surface area contributed by atoms with Crippen LogP contribution in [0.1, 0.15) is 44.6 Å². The second-order valence-electron chi connectivity index (χ2n) is 8.10. The maximum atomic E-state index is 12.3. The summed E-state index contributed by atoms with van der Waals surface area (Å²) in [7, 11) is 0. The summed E-state index contributed by atoms with van der Waals surface area (Å²) in [5.41, 5.74) is 1.34. The first-order valence-electron chi connectivity index (χ1n) is 11.8. The number of amides is 1. The molecule has 7 heteroatoms. The number of Topliss-reactive ketones (excluding diaryl/α,β-unsaturated/α-hetero) is 1. The van der Waals surface area contributed by atoms with Crippen molar-refractivity contribution in [3.8, 4) is 0 Å². The monoisotopic (exact) mass is 449 g/mol. The van der Waals surface area contributed by atoms with Gasteiger partial charge in [0.15, 0.2) is 0 Å². The zero-order valence-corrected chi connectivity index (χ0v) is 19.6. The quantitative estimate of drug-likeness (QED) is 0.321. The van der Waals surface area contributed by atoms with Crippen molar-refractivity contribution in [1.29, 1.82) is 0 Å². The van der Waals surface area contributed by atoms with Gasteiger partial charge in [-0.3, -0.25) is 9.59 Å². The molecule has 1 unspecified atom stereocenters. The molecule has 7 nitrogen and oxygen atoms in total. The van der Waals surface area contributed by atoms with Gasteiger partial charge in [0.25, 0.3) is 0 Å². The number of ether oxygens (including phenoxy) is 4. The maximum absolute atomic E-state index is 12.3. The number of carbonyl (C=O) groups excluding carboxylic acids is 2. The van der Waals surface area contributed by atoms with Gasteiger partial charge in [-0.15, -0.1) is 0 Å². The second-order valence-corrected chi connectivity index (χ2v) is 8.10. The number of ketones is 1. The van der Waals surface area contributed by atoms with Gasteiger partial charge in [0.05, 0.1) is 59.3 Å². The Morgan fingerprint density at radius 1 is 0.844 bits per heavy atom. The van der Waals surface area contributed by atoms with Crippen LogP contribution in [0.15, 0.2) is 30.3 Å². The highest BCUT2D eigenvalue weighted by atomic mass is 16.6. The molecular weight excluding hydrogens is 410 g/mol. The fraction of sp³-hybridized carbons (Fsp3) is 0.680. The average molecular weight is 450 g/mol. The Kier molecular flexibility index (Phi) is 13.2. The third kappa shape index (κ3) is 10.2. The molecule has 1 heterocycles. The van der Waals surface area contributed by atoms with Crippen LogP contribution in [0.4, 0.5) is 0 Å². The summed E-state index contributed by atoms with van der Waals surface area (Å²) >= 11 is 0. The zero-order chi connectivity index (χ0) is 23.0. The highest BCUT2D eigenvalue weighted by molar-refractivity contribution is 5.78. The lowest BCUT2D eigenvalue weighted by Crippen LogP contribution is -2.51. The molecule has 0 saturated carbocycles. The number of likely N-dealkylation sites (tertiary alicyclic amines) is 1. The predicted molar refractivity (Wildman–Crippen MR) is 123 cm³/mol. The largest absolute Gasteiger partial charge is 0.379 e. The van der Waals surface area contributed by atoms with Gasteiger partial charge in [-0.25, -0.2) is 0 Å². The number of hydrogen-bond acceptors (Lipinski definition) is 6. The lowest BCUT2D eigenvalue weighted by molar-refractivity contribution is -0.139. The normalized spacial score (nSPS) is 14.9. The highest BCUT2D eigenvalue weighted by Crippen LogP contribution is 2.31. The van der Waals surface area contributed by atoms with Gasteiger partial charge in [0.2, 0.25) is 5.91 Å². The van der Waals surface area contributed by atoms with Crippen molar-refractivity contribution < 1.29 is 28.5 Å². The van der Waals surface area contributed by atoms with Gasteiger partial charge < -0.3 is 23.8 Å². The molecule has 0 radical (unpaired) electrons. The van der Waals surface area contributed by atoms with Gasteiger partial charge in [-0.2, -0.15) is 0 Å². The minimum Gasteiger partial charge on any atom is -0.379 e. The molecule has 1 aliphatic heterocycles. The lowest BCUT2D eigenvalue weighted by atomic mass is 9.82. The van der Waals surface area contributed by atoms with Gasteiger partial charge >= 0.3 is 0 Å². The molecule has 0 bridgehead atoms. The molecule has 0 spiro atoms. The molecular formula is C25H39NO6. The van der Waals surface area contributed by atoms with Crippen LogP contribution >= 0.6 is 0 Å². The smallest absolute Gasteiger partial charge is 0.224 e. The molecule has 0 aliphatic carbocycles. The average Bonchev–Trinajstić information content (AvgIpc) is 2.78.